The second-order valence-corrected chi connectivity index (χ2v) is 5.66. The molecule has 116 valence electrons. The van der Waals surface area contributed by atoms with Gasteiger partial charge in [0, 0.05) is 18.3 Å². The molecule has 1 N–H and O–H groups in total. The molecule has 0 unspecified atom stereocenters. The van der Waals surface area contributed by atoms with E-state index in [9.17, 15) is 0 Å². The largest absolute Gasteiger partial charge is 0.726 e. The van der Waals surface area contributed by atoms with Crippen molar-refractivity contribution >= 4 is 22.6 Å². The lowest BCUT2D eigenvalue weighted by Crippen LogP contribution is -2.41. The molecule has 6 nitrogen and oxygen atoms in total. The third kappa shape index (κ3) is 7.09. The zero-order valence-electron chi connectivity index (χ0n) is 12.3. The van der Waals surface area contributed by atoms with E-state index in [0.29, 0.717) is 0 Å². The second-order valence-electron chi connectivity index (χ2n) is 4.44. The highest BCUT2D eigenvalue weighted by Gasteiger charge is 2.12. The van der Waals surface area contributed by atoms with Crippen molar-refractivity contribution in [2.45, 2.75) is 53.6 Å². The topological polar surface area (TPSA) is 86.2 Å². The van der Waals surface area contributed by atoms with Crippen LogP contribution in [0.1, 0.15) is 38.1 Å². The molecule has 0 aliphatic carbocycles. The van der Waals surface area contributed by atoms with Gasteiger partial charge in [0.1, 0.15) is 11.4 Å². The summed E-state index contributed by atoms with van der Waals surface area (Å²) < 4.78 is 38.3. The fourth-order valence-corrected chi connectivity index (χ4v) is 2.37. The van der Waals surface area contributed by atoms with Crippen LogP contribution in [0.4, 0.5) is 0 Å². The van der Waals surface area contributed by atoms with Gasteiger partial charge >= 0.3 is 4.77 Å². The Labute approximate surface area is 125 Å². The van der Waals surface area contributed by atoms with Gasteiger partial charge in [-0.15, -0.1) is 0 Å². The summed E-state index contributed by atoms with van der Waals surface area (Å²) in [6.07, 6.45) is 2.26. The molecule has 1 rings (SSSR count). The minimum Gasteiger partial charge on any atom is -0.726 e. The molecule has 0 aliphatic heterocycles. The first-order valence-corrected chi connectivity index (χ1v) is 8.18. The van der Waals surface area contributed by atoms with Gasteiger partial charge in [-0.05, 0) is 26.7 Å². The molecule has 0 saturated carbocycles. The molecule has 0 saturated heterocycles. The molecule has 0 aliphatic rings. The maximum atomic E-state index is 8.63. The fraction of sp³-hybridized carbons (Fsp3) is 0.667. The zero-order valence-corrected chi connectivity index (χ0v) is 13.9. The highest BCUT2D eigenvalue weighted by Crippen LogP contribution is 2.03. The minimum atomic E-state index is -4.92. The SMILES string of the molecule is CCCn1c(C)cc(C)[n+](CCC)c1=S.O=S(=O)([O-])O. The lowest BCUT2D eigenvalue weighted by Gasteiger charge is -2.09. The number of hydrogen-bond acceptors (Lipinski definition) is 4. The summed E-state index contributed by atoms with van der Waals surface area (Å²) >= 11 is 5.52. The molecule has 1 heterocycles. The van der Waals surface area contributed by atoms with Crippen LogP contribution in [0.15, 0.2) is 6.07 Å². The van der Waals surface area contributed by atoms with Gasteiger partial charge in [-0.3, -0.25) is 4.55 Å². The predicted octanol–water partition coefficient (Wildman–Crippen LogP) is 1.95. The van der Waals surface area contributed by atoms with E-state index in [-0.39, 0.29) is 0 Å². The summed E-state index contributed by atoms with van der Waals surface area (Å²) in [7, 11) is -4.92. The first kappa shape index (κ1) is 19.2. The molecule has 0 amide bonds. The number of aryl methyl sites for hydroxylation is 2. The lowest BCUT2D eigenvalue weighted by molar-refractivity contribution is -0.713. The quantitative estimate of drug-likeness (QED) is 0.396. The van der Waals surface area contributed by atoms with Crippen LogP contribution in [0.25, 0.3) is 0 Å². The normalized spacial score (nSPS) is 10.9. The van der Waals surface area contributed by atoms with Crippen molar-refractivity contribution in [1.82, 2.24) is 4.57 Å². The summed E-state index contributed by atoms with van der Waals surface area (Å²) in [5.41, 5.74) is 2.54. The van der Waals surface area contributed by atoms with Gasteiger partial charge < -0.3 is 4.55 Å². The third-order valence-electron chi connectivity index (χ3n) is 2.63. The van der Waals surface area contributed by atoms with Crippen molar-refractivity contribution in [3.05, 3.63) is 22.2 Å². The van der Waals surface area contributed by atoms with Crippen LogP contribution in [-0.4, -0.2) is 22.1 Å². The maximum absolute atomic E-state index is 8.63. The van der Waals surface area contributed by atoms with E-state index >= 15 is 0 Å². The summed E-state index contributed by atoms with van der Waals surface area (Å²) in [5, 5.41) is 0. The van der Waals surface area contributed by atoms with Crippen LogP contribution in [-0.2, 0) is 23.5 Å². The smallest absolute Gasteiger partial charge is 0.351 e. The lowest BCUT2D eigenvalue weighted by atomic mass is 10.3. The standard InChI is InChI=1S/C12H21N2S.H2O4S/c1-5-7-13-10(3)9-11(4)14(8-6-2)12(13)15;1-5(2,3)4/h9H,5-8H2,1-4H3;(H2,1,2,3,4)/q+1;/p-1. The van der Waals surface area contributed by atoms with E-state index in [2.05, 4.69) is 42.9 Å². The highest BCUT2D eigenvalue weighted by atomic mass is 32.3. The Bertz CT molecular complexity index is 553. The van der Waals surface area contributed by atoms with Gasteiger partial charge in [-0.1, -0.05) is 13.8 Å². The van der Waals surface area contributed by atoms with Crippen molar-refractivity contribution in [2.24, 2.45) is 0 Å². The number of nitrogens with zero attached hydrogens (tertiary/aromatic N) is 2. The summed E-state index contributed by atoms with van der Waals surface area (Å²) in [6.45, 7) is 10.7. The molecule has 0 spiro atoms. The van der Waals surface area contributed by atoms with Crippen molar-refractivity contribution in [3.63, 3.8) is 0 Å². The van der Waals surface area contributed by atoms with Gasteiger partial charge in [0.25, 0.3) is 0 Å². The third-order valence-corrected chi connectivity index (χ3v) is 3.07. The molecule has 0 radical (unpaired) electrons. The van der Waals surface area contributed by atoms with Crippen molar-refractivity contribution in [1.29, 1.82) is 0 Å². The fourth-order valence-electron chi connectivity index (χ4n) is 1.90. The molecule has 0 bridgehead atoms. The van der Waals surface area contributed by atoms with Crippen molar-refractivity contribution in [3.8, 4) is 0 Å². The summed E-state index contributed by atoms with van der Waals surface area (Å²) in [5.74, 6) is 0. The van der Waals surface area contributed by atoms with E-state index in [0.717, 1.165) is 30.7 Å². The van der Waals surface area contributed by atoms with Crippen LogP contribution < -0.4 is 4.57 Å². The first-order valence-electron chi connectivity index (χ1n) is 6.41. The van der Waals surface area contributed by atoms with Crippen LogP contribution in [0.2, 0.25) is 0 Å². The monoisotopic (exact) mass is 322 g/mol. The van der Waals surface area contributed by atoms with E-state index < -0.39 is 10.4 Å². The van der Waals surface area contributed by atoms with Crippen LogP contribution in [0, 0.1) is 18.6 Å². The van der Waals surface area contributed by atoms with Gasteiger partial charge in [0.05, 0.1) is 13.1 Å². The molecule has 0 aromatic carbocycles. The number of aromatic nitrogens is 2. The van der Waals surface area contributed by atoms with Crippen LogP contribution in [0.5, 0.6) is 0 Å². The average molecular weight is 322 g/mol. The Hall–Kier alpha value is -0.830. The minimum absolute atomic E-state index is 0.969. The Kier molecular flexibility index (Phi) is 8.10. The van der Waals surface area contributed by atoms with Crippen molar-refractivity contribution < 1.29 is 22.1 Å². The highest BCUT2D eigenvalue weighted by molar-refractivity contribution is 7.79. The maximum Gasteiger partial charge on any atom is 0.351 e. The first-order chi connectivity index (χ1) is 9.11. The molecule has 8 heteroatoms. The number of hydrogen-bond donors (Lipinski definition) is 1. The molecule has 1 aromatic heterocycles. The molecular weight excluding hydrogens is 300 g/mol. The second kappa shape index (κ2) is 8.46. The number of rotatable bonds is 4. The van der Waals surface area contributed by atoms with Gasteiger partial charge in [-0.2, -0.15) is 0 Å². The van der Waals surface area contributed by atoms with Crippen LogP contribution >= 0.6 is 12.2 Å². The predicted molar refractivity (Wildman–Crippen MR) is 77.8 cm³/mol. The Morgan fingerprint density at radius 1 is 1.35 bits per heavy atom. The van der Waals surface area contributed by atoms with E-state index in [1.54, 1.807) is 0 Å². The Balaban J connectivity index is 0.000000621. The van der Waals surface area contributed by atoms with Crippen molar-refractivity contribution in [2.75, 3.05) is 0 Å². The van der Waals surface area contributed by atoms with E-state index in [1.165, 1.54) is 11.4 Å². The Morgan fingerprint density at radius 2 is 1.85 bits per heavy atom. The molecule has 0 fully saturated rings. The molecule has 20 heavy (non-hydrogen) atoms. The van der Waals surface area contributed by atoms with E-state index in [4.69, 9.17) is 29.7 Å². The Morgan fingerprint density at radius 3 is 2.25 bits per heavy atom. The van der Waals surface area contributed by atoms with Gasteiger partial charge in [0.15, 0.2) is 0 Å². The van der Waals surface area contributed by atoms with Gasteiger partial charge in [0.2, 0.25) is 10.4 Å². The van der Waals surface area contributed by atoms with E-state index in [1.807, 2.05) is 0 Å². The average Bonchev–Trinajstić information content (AvgIpc) is 2.28. The molecule has 1 aromatic rings. The molecule has 0 atom stereocenters. The zero-order chi connectivity index (χ0) is 15.9. The summed E-state index contributed by atoms with van der Waals surface area (Å²) in [4.78, 5) is 0. The van der Waals surface area contributed by atoms with Gasteiger partial charge in [-0.25, -0.2) is 17.6 Å². The summed E-state index contributed by atoms with van der Waals surface area (Å²) in [6, 6.07) is 2.22. The molecular formula is C12H22N2O4S2. The van der Waals surface area contributed by atoms with Crippen LogP contribution in [0.3, 0.4) is 0 Å².